The van der Waals surface area contributed by atoms with Crippen molar-refractivity contribution in [3.8, 4) is 0 Å². The van der Waals surface area contributed by atoms with Crippen LogP contribution in [0.3, 0.4) is 0 Å². The van der Waals surface area contributed by atoms with Crippen molar-refractivity contribution >= 4 is 41.3 Å². The molecule has 0 spiro atoms. The number of unbranched alkanes of at least 4 members (excludes halogenated alkanes) is 1. The summed E-state index contributed by atoms with van der Waals surface area (Å²) in [4.78, 5) is 10.3. The van der Waals surface area contributed by atoms with Crippen LogP contribution in [0.5, 0.6) is 0 Å². The summed E-state index contributed by atoms with van der Waals surface area (Å²) in [5.74, 6) is 0.853. The predicted octanol–water partition coefficient (Wildman–Crippen LogP) is 4.38. The van der Waals surface area contributed by atoms with E-state index in [9.17, 15) is 0 Å². The molecule has 1 aromatic carbocycles. The molecule has 5 nitrogen and oxygen atoms in total. The molecule has 1 heterocycles. The number of rotatable bonds is 11. The molecule has 0 atom stereocenters. The first kappa shape index (κ1) is 23.8. The average molecular weight is 502 g/mol. The molecular weight excluding hydrogens is 471 g/mol. The van der Waals surface area contributed by atoms with Gasteiger partial charge in [-0.05, 0) is 31.7 Å². The van der Waals surface area contributed by atoms with Crippen molar-refractivity contribution in [1.29, 1.82) is 0 Å². The zero-order valence-corrected chi connectivity index (χ0v) is 19.4. The van der Waals surface area contributed by atoms with Crippen molar-refractivity contribution in [2.75, 3.05) is 19.7 Å². The summed E-state index contributed by atoms with van der Waals surface area (Å²) >= 11 is 1.74. The van der Waals surface area contributed by atoms with Crippen LogP contribution in [-0.4, -0.2) is 30.6 Å². The number of nitrogens with zero attached hydrogens (tertiary/aromatic N) is 2. The maximum Gasteiger partial charge on any atom is 0.191 e. The topological polar surface area (TPSA) is 58.5 Å². The van der Waals surface area contributed by atoms with Crippen molar-refractivity contribution in [3.63, 3.8) is 0 Å². The third kappa shape index (κ3) is 10.1. The van der Waals surface area contributed by atoms with Gasteiger partial charge >= 0.3 is 0 Å². The van der Waals surface area contributed by atoms with Crippen LogP contribution in [0.25, 0.3) is 0 Å². The van der Waals surface area contributed by atoms with E-state index in [1.165, 1.54) is 10.4 Å². The molecule has 0 saturated heterocycles. The molecule has 2 N–H and O–H groups in total. The zero-order valence-electron chi connectivity index (χ0n) is 16.2. The van der Waals surface area contributed by atoms with Gasteiger partial charge in [0.15, 0.2) is 5.96 Å². The van der Waals surface area contributed by atoms with Crippen molar-refractivity contribution < 1.29 is 4.74 Å². The number of aryl methyl sites for hydroxylation is 1. The van der Waals surface area contributed by atoms with Crippen LogP contribution in [0.4, 0.5) is 0 Å². The normalized spacial score (nSPS) is 11.1. The highest BCUT2D eigenvalue weighted by molar-refractivity contribution is 14.0. The van der Waals surface area contributed by atoms with Crippen molar-refractivity contribution in [1.82, 2.24) is 15.6 Å². The summed E-state index contributed by atoms with van der Waals surface area (Å²) in [6.45, 7) is 8.06. The van der Waals surface area contributed by atoms with Crippen LogP contribution in [0.15, 0.2) is 41.5 Å². The Morgan fingerprint density at radius 2 is 1.96 bits per heavy atom. The highest BCUT2D eigenvalue weighted by atomic mass is 127. The molecule has 0 radical (unpaired) electrons. The van der Waals surface area contributed by atoms with Crippen molar-refractivity contribution in [3.05, 3.63) is 52.0 Å². The molecule has 0 aliphatic carbocycles. The Kier molecular flexibility index (Phi) is 13.1. The lowest BCUT2D eigenvalue weighted by Gasteiger charge is -2.11. The first-order valence-electron chi connectivity index (χ1n) is 9.39. The Balaban J connectivity index is 0.00000364. The van der Waals surface area contributed by atoms with Gasteiger partial charge in [0, 0.05) is 30.8 Å². The van der Waals surface area contributed by atoms with E-state index in [1.807, 2.05) is 24.4 Å². The van der Waals surface area contributed by atoms with E-state index in [0.29, 0.717) is 13.2 Å². The average Bonchev–Trinajstić information content (AvgIpc) is 3.14. The predicted molar refractivity (Wildman–Crippen MR) is 125 cm³/mol. The number of halogens is 1. The Morgan fingerprint density at radius 1 is 1.15 bits per heavy atom. The fraction of sp³-hybridized carbons (Fsp3) is 0.500. The molecule has 0 unspecified atom stereocenters. The van der Waals surface area contributed by atoms with E-state index in [4.69, 9.17) is 4.74 Å². The smallest absolute Gasteiger partial charge is 0.191 e. The van der Waals surface area contributed by atoms with Crippen LogP contribution in [0.1, 0.15) is 42.1 Å². The minimum absolute atomic E-state index is 0. The van der Waals surface area contributed by atoms with Gasteiger partial charge in [0.25, 0.3) is 0 Å². The van der Waals surface area contributed by atoms with Gasteiger partial charge in [-0.15, -0.1) is 35.3 Å². The van der Waals surface area contributed by atoms with Gasteiger partial charge in [0.1, 0.15) is 5.01 Å². The standard InChI is InChI=1S/C20H30N4OS.HI/c1-3-18-14-23-19(26-18)15-24-20(21-4-2)22-12-8-9-13-25-16-17-10-6-5-7-11-17;/h5-7,10-11,14H,3-4,8-9,12-13,15-16H2,1-2H3,(H2,21,22,24);1H. The molecule has 0 aliphatic rings. The quantitative estimate of drug-likeness (QED) is 0.207. The summed E-state index contributed by atoms with van der Waals surface area (Å²) in [5, 5.41) is 7.73. The molecule has 0 fully saturated rings. The van der Waals surface area contributed by atoms with Crippen LogP contribution in [0.2, 0.25) is 0 Å². The Morgan fingerprint density at radius 3 is 2.67 bits per heavy atom. The van der Waals surface area contributed by atoms with Gasteiger partial charge in [-0.25, -0.2) is 9.98 Å². The molecule has 2 rings (SSSR count). The molecular formula is C20H31IN4OS. The van der Waals surface area contributed by atoms with E-state index in [2.05, 4.69) is 46.6 Å². The lowest BCUT2D eigenvalue weighted by Crippen LogP contribution is -2.37. The minimum Gasteiger partial charge on any atom is -0.377 e. The molecule has 1 aromatic heterocycles. The molecule has 150 valence electrons. The van der Waals surface area contributed by atoms with E-state index < -0.39 is 0 Å². The Bertz CT molecular complexity index is 648. The number of hydrogen-bond acceptors (Lipinski definition) is 4. The first-order valence-corrected chi connectivity index (χ1v) is 10.2. The second-order valence-corrected chi connectivity index (χ2v) is 7.14. The van der Waals surface area contributed by atoms with E-state index in [-0.39, 0.29) is 24.0 Å². The summed E-state index contributed by atoms with van der Waals surface area (Å²) in [6, 6.07) is 10.3. The number of aromatic nitrogens is 1. The monoisotopic (exact) mass is 502 g/mol. The molecule has 0 aliphatic heterocycles. The number of aliphatic imine (C=N–C) groups is 1. The fourth-order valence-electron chi connectivity index (χ4n) is 2.37. The molecule has 0 saturated carbocycles. The third-order valence-electron chi connectivity index (χ3n) is 3.79. The van der Waals surface area contributed by atoms with Gasteiger partial charge in [-0.2, -0.15) is 0 Å². The van der Waals surface area contributed by atoms with Gasteiger partial charge in [-0.1, -0.05) is 37.3 Å². The Labute approximate surface area is 184 Å². The lowest BCUT2D eigenvalue weighted by atomic mass is 10.2. The highest BCUT2D eigenvalue weighted by Gasteiger charge is 2.01. The second-order valence-electron chi connectivity index (χ2n) is 5.94. The number of ether oxygens (including phenoxy) is 1. The summed E-state index contributed by atoms with van der Waals surface area (Å²) < 4.78 is 5.71. The van der Waals surface area contributed by atoms with Crippen molar-refractivity contribution in [2.24, 2.45) is 4.99 Å². The largest absolute Gasteiger partial charge is 0.377 e. The molecule has 27 heavy (non-hydrogen) atoms. The van der Waals surface area contributed by atoms with E-state index >= 15 is 0 Å². The van der Waals surface area contributed by atoms with Gasteiger partial charge in [0.05, 0.1) is 13.2 Å². The molecule has 0 bridgehead atoms. The van der Waals surface area contributed by atoms with Crippen molar-refractivity contribution in [2.45, 2.75) is 46.3 Å². The summed E-state index contributed by atoms with van der Waals surface area (Å²) in [6.07, 6.45) is 5.07. The van der Waals surface area contributed by atoms with E-state index in [0.717, 1.165) is 49.9 Å². The SMILES string of the molecule is CCNC(=NCc1ncc(CC)s1)NCCCCOCc1ccccc1.I. The maximum atomic E-state index is 5.71. The van der Waals surface area contributed by atoms with Gasteiger partial charge in [0.2, 0.25) is 0 Å². The number of thiazole rings is 1. The zero-order chi connectivity index (χ0) is 18.5. The number of benzene rings is 1. The highest BCUT2D eigenvalue weighted by Crippen LogP contribution is 2.13. The fourth-order valence-corrected chi connectivity index (χ4v) is 3.16. The lowest BCUT2D eigenvalue weighted by molar-refractivity contribution is 0.117. The number of hydrogen-bond donors (Lipinski definition) is 2. The van der Waals surface area contributed by atoms with Crippen LogP contribution >= 0.6 is 35.3 Å². The summed E-state index contributed by atoms with van der Waals surface area (Å²) in [5.41, 5.74) is 1.22. The van der Waals surface area contributed by atoms with Crippen LogP contribution in [0, 0.1) is 0 Å². The molecule has 7 heteroatoms. The van der Waals surface area contributed by atoms with Gasteiger partial charge < -0.3 is 15.4 Å². The van der Waals surface area contributed by atoms with Crippen LogP contribution < -0.4 is 10.6 Å². The number of guanidine groups is 1. The maximum absolute atomic E-state index is 5.71. The molecule has 2 aromatic rings. The molecule has 0 amide bonds. The first-order chi connectivity index (χ1) is 12.8. The van der Waals surface area contributed by atoms with Crippen LogP contribution in [-0.2, 0) is 24.3 Å². The third-order valence-corrected chi connectivity index (χ3v) is 4.91. The van der Waals surface area contributed by atoms with Gasteiger partial charge in [-0.3, -0.25) is 0 Å². The van der Waals surface area contributed by atoms with E-state index in [1.54, 1.807) is 11.3 Å². The summed E-state index contributed by atoms with van der Waals surface area (Å²) in [7, 11) is 0. The number of nitrogens with one attached hydrogen (secondary N) is 2. The minimum atomic E-state index is 0. The Hall–Kier alpha value is -1.19. The second kappa shape index (κ2) is 14.8.